The molecule has 1 saturated heterocycles. The van der Waals surface area contributed by atoms with Gasteiger partial charge in [-0.15, -0.1) is 0 Å². The second-order valence-electron chi connectivity index (χ2n) is 13.5. The highest BCUT2D eigenvalue weighted by molar-refractivity contribution is 5.97. The zero-order valence-corrected chi connectivity index (χ0v) is 23.3. The third-order valence-corrected chi connectivity index (χ3v) is 11.2. The maximum atomic E-state index is 13.4. The lowest BCUT2D eigenvalue weighted by Gasteiger charge is -2.67. The summed E-state index contributed by atoms with van der Waals surface area (Å²) in [6, 6.07) is 8.16. The highest BCUT2D eigenvalue weighted by atomic mass is 19.4. The third-order valence-electron chi connectivity index (χ3n) is 11.2. The normalized spacial score (nSPS) is 41.4. The Bertz CT molecular complexity index is 1450. The van der Waals surface area contributed by atoms with Crippen LogP contribution in [0.15, 0.2) is 35.9 Å². The lowest BCUT2D eigenvalue weighted by atomic mass is 9.41. The number of halogens is 3. The quantitative estimate of drug-likeness (QED) is 0.473. The van der Waals surface area contributed by atoms with Crippen LogP contribution in [0.5, 0.6) is 0 Å². The molecule has 9 heteroatoms. The zero-order chi connectivity index (χ0) is 28.5. The van der Waals surface area contributed by atoms with Crippen molar-refractivity contribution in [1.82, 2.24) is 4.98 Å². The average Bonchev–Trinajstić information content (AvgIpc) is 3.46. The SMILES string of the molecule is CC1(C)OC23CC[C@]4(C)[C@@]5(C)c6[nH]c7ccccc7c6C[C@@H]5C[C@H](OCCCC(F)(F)F)[C@@]4(O)C2=CC(=O)[C@@H]1O3. The fourth-order valence-corrected chi connectivity index (χ4v) is 9.08. The molecule has 0 amide bonds. The number of aliphatic hydroxyl groups is 1. The molecule has 7 atom stereocenters. The van der Waals surface area contributed by atoms with Gasteiger partial charge in [0.05, 0.1) is 6.10 Å². The van der Waals surface area contributed by atoms with E-state index in [0.29, 0.717) is 24.8 Å². The number of benzene rings is 1. The minimum absolute atomic E-state index is 0.0831. The number of ether oxygens (including phenoxy) is 3. The van der Waals surface area contributed by atoms with Crippen molar-refractivity contribution in [2.75, 3.05) is 6.61 Å². The van der Waals surface area contributed by atoms with Crippen molar-refractivity contribution >= 4 is 16.7 Å². The molecule has 3 aliphatic carbocycles. The van der Waals surface area contributed by atoms with E-state index < -0.39 is 52.6 Å². The van der Waals surface area contributed by atoms with Crippen LogP contribution in [0.1, 0.15) is 71.1 Å². The van der Waals surface area contributed by atoms with Gasteiger partial charge in [0.1, 0.15) is 11.2 Å². The number of fused-ring (bicyclic) bond motifs is 9. The van der Waals surface area contributed by atoms with Crippen LogP contribution >= 0.6 is 0 Å². The average molecular weight is 560 g/mol. The summed E-state index contributed by atoms with van der Waals surface area (Å²) >= 11 is 0. The molecule has 2 aliphatic heterocycles. The van der Waals surface area contributed by atoms with Gasteiger partial charge in [-0.2, -0.15) is 13.2 Å². The van der Waals surface area contributed by atoms with Crippen LogP contribution in [-0.4, -0.2) is 57.9 Å². The molecular formula is C31H36F3NO5. The number of para-hydroxylation sites is 1. The number of hydrogen-bond donors (Lipinski definition) is 2. The smallest absolute Gasteiger partial charge is 0.382 e. The van der Waals surface area contributed by atoms with Gasteiger partial charge in [0.2, 0.25) is 0 Å². The van der Waals surface area contributed by atoms with E-state index in [2.05, 4.69) is 31.0 Å². The Kier molecular flexibility index (Phi) is 5.33. The summed E-state index contributed by atoms with van der Waals surface area (Å²) in [6.45, 7) is 7.72. The minimum Gasteiger partial charge on any atom is -0.382 e. The van der Waals surface area contributed by atoms with Crippen molar-refractivity contribution in [3.8, 4) is 0 Å². The van der Waals surface area contributed by atoms with Crippen molar-refractivity contribution in [1.29, 1.82) is 0 Å². The maximum absolute atomic E-state index is 13.4. The zero-order valence-electron chi connectivity index (χ0n) is 23.3. The fraction of sp³-hybridized carbons (Fsp3) is 0.645. The number of hydrogen-bond acceptors (Lipinski definition) is 5. The van der Waals surface area contributed by atoms with Crippen LogP contribution in [0.3, 0.4) is 0 Å². The van der Waals surface area contributed by atoms with Crippen molar-refractivity contribution in [3.63, 3.8) is 0 Å². The summed E-state index contributed by atoms with van der Waals surface area (Å²) in [4.78, 5) is 17.1. The Labute approximate surface area is 231 Å². The summed E-state index contributed by atoms with van der Waals surface area (Å²) in [5, 5.41) is 14.3. The molecule has 2 saturated carbocycles. The highest BCUT2D eigenvalue weighted by Gasteiger charge is 2.78. The van der Waals surface area contributed by atoms with Crippen molar-refractivity contribution in [2.24, 2.45) is 11.3 Å². The van der Waals surface area contributed by atoms with Gasteiger partial charge in [0.25, 0.3) is 0 Å². The van der Waals surface area contributed by atoms with Crippen LogP contribution in [0.4, 0.5) is 13.2 Å². The molecule has 2 aromatic rings. The van der Waals surface area contributed by atoms with Gasteiger partial charge in [0, 0.05) is 52.4 Å². The third kappa shape index (κ3) is 3.18. The van der Waals surface area contributed by atoms with Gasteiger partial charge >= 0.3 is 6.18 Å². The molecule has 6 nitrogen and oxygen atoms in total. The van der Waals surface area contributed by atoms with E-state index in [1.165, 1.54) is 11.6 Å². The van der Waals surface area contributed by atoms with E-state index >= 15 is 0 Å². The van der Waals surface area contributed by atoms with Crippen LogP contribution in [0, 0.1) is 11.3 Å². The highest BCUT2D eigenvalue weighted by Crippen LogP contribution is 2.72. The summed E-state index contributed by atoms with van der Waals surface area (Å²) in [5.41, 5.74) is -0.281. The van der Waals surface area contributed by atoms with E-state index in [-0.39, 0.29) is 24.7 Å². The molecule has 2 bridgehead atoms. The van der Waals surface area contributed by atoms with Crippen LogP contribution in [0.2, 0.25) is 0 Å². The first-order valence-corrected chi connectivity index (χ1v) is 14.3. The number of aromatic nitrogens is 1. The standard InChI is InChI=1S/C31H36F3NO5/c1-26(2)25-21(36)16-22-29(39-25,40-26)12-11-27(3)28(4)17(14-19-18-8-5-6-9-20(18)35-24(19)28)15-23(31(22,27)37)38-13-7-10-30(32,33)34/h5-6,8-9,16-17,23,25,35,37H,7,10-15H2,1-4H3/t17-,23+,25+,27-,28-,29?,31+/m1/s1. The summed E-state index contributed by atoms with van der Waals surface area (Å²) in [6.07, 6.45) is -3.40. The van der Waals surface area contributed by atoms with Gasteiger partial charge in [-0.1, -0.05) is 32.0 Å². The van der Waals surface area contributed by atoms with Gasteiger partial charge < -0.3 is 24.3 Å². The monoisotopic (exact) mass is 559 g/mol. The molecule has 0 radical (unpaired) electrons. The van der Waals surface area contributed by atoms with Gasteiger partial charge in [-0.25, -0.2) is 0 Å². The number of rotatable bonds is 4. The lowest BCUT2D eigenvalue weighted by molar-refractivity contribution is -0.281. The Balaban J connectivity index is 1.37. The van der Waals surface area contributed by atoms with Gasteiger partial charge in [-0.05, 0) is 63.2 Å². The number of aromatic amines is 1. The Morgan fingerprint density at radius 2 is 1.90 bits per heavy atom. The maximum Gasteiger partial charge on any atom is 0.389 e. The number of carbonyl (C=O) groups excluding carboxylic acids is 1. The second-order valence-corrected chi connectivity index (χ2v) is 13.5. The first-order chi connectivity index (χ1) is 18.7. The molecule has 2 N–H and O–H groups in total. The Morgan fingerprint density at radius 1 is 1.15 bits per heavy atom. The van der Waals surface area contributed by atoms with Crippen molar-refractivity contribution in [2.45, 2.75) is 107 Å². The van der Waals surface area contributed by atoms with Crippen LogP contribution < -0.4 is 0 Å². The summed E-state index contributed by atoms with van der Waals surface area (Å²) < 4.78 is 57.9. The molecule has 1 unspecified atom stereocenters. The molecule has 3 heterocycles. The second kappa shape index (κ2) is 8.00. The topological polar surface area (TPSA) is 80.8 Å². The number of nitrogens with one attached hydrogen (secondary N) is 1. The fourth-order valence-electron chi connectivity index (χ4n) is 9.08. The van der Waals surface area contributed by atoms with E-state index in [4.69, 9.17) is 14.2 Å². The molecule has 3 fully saturated rings. The molecule has 40 heavy (non-hydrogen) atoms. The summed E-state index contributed by atoms with van der Waals surface area (Å²) in [5.74, 6) is -1.47. The predicted octanol–water partition coefficient (Wildman–Crippen LogP) is 5.66. The molecule has 7 rings (SSSR count). The summed E-state index contributed by atoms with van der Waals surface area (Å²) in [7, 11) is 0. The van der Waals surface area contributed by atoms with Crippen LogP contribution in [0.25, 0.3) is 10.9 Å². The Morgan fingerprint density at radius 3 is 2.65 bits per heavy atom. The lowest BCUT2D eigenvalue weighted by Crippen LogP contribution is -2.74. The minimum atomic E-state index is -4.28. The molecule has 5 aliphatic rings. The van der Waals surface area contributed by atoms with E-state index in [0.717, 1.165) is 23.0 Å². The van der Waals surface area contributed by atoms with Gasteiger partial charge in [0.15, 0.2) is 17.7 Å². The molecular weight excluding hydrogens is 523 g/mol. The number of H-pyrrole nitrogens is 1. The molecule has 1 aromatic carbocycles. The first kappa shape index (κ1) is 26.7. The first-order valence-electron chi connectivity index (χ1n) is 14.3. The van der Waals surface area contributed by atoms with E-state index in [9.17, 15) is 23.1 Å². The van der Waals surface area contributed by atoms with E-state index in [1.807, 2.05) is 26.0 Å². The molecule has 216 valence electrons. The largest absolute Gasteiger partial charge is 0.389 e. The van der Waals surface area contributed by atoms with E-state index in [1.54, 1.807) is 0 Å². The molecule has 1 aromatic heterocycles. The van der Waals surface area contributed by atoms with Crippen LogP contribution in [-0.2, 0) is 30.8 Å². The Hall–Kier alpha value is -2.20. The van der Waals surface area contributed by atoms with Gasteiger partial charge in [-0.3, -0.25) is 4.79 Å². The number of alkyl halides is 3. The number of carbonyl (C=O) groups is 1. The van der Waals surface area contributed by atoms with Crippen molar-refractivity contribution < 1.29 is 37.3 Å². The predicted molar refractivity (Wildman–Crippen MR) is 141 cm³/mol. The number of ketones is 1. The molecule has 1 spiro atoms. The van der Waals surface area contributed by atoms with Crippen molar-refractivity contribution in [3.05, 3.63) is 47.2 Å².